The third kappa shape index (κ3) is 4.06. The van der Waals surface area contributed by atoms with Gasteiger partial charge in [0.2, 0.25) is 0 Å². The molecule has 170 valence electrons. The van der Waals surface area contributed by atoms with Crippen molar-refractivity contribution < 1.29 is 0 Å². The van der Waals surface area contributed by atoms with Crippen LogP contribution < -0.4 is 0 Å². The highest BCUT2D eigenvalue weighted by Gasteiger charge is 2.22. The van der Waals surface area contributed by atoms with E-state index in [-0.39, 0.29) is 5.92 Å². The lowest BCUT2D eigenvalue weighted by atomic mass is 10.0. The van der Waals surface area contributed by atoms with E-state index in [9.17, 15) is 0 Å². The Bertz CT molecular complexity index is 1500. The highest BCUT2D eigenvalue weighted by Crippen LogP contribution is 2.31. The number of aromatic nitrogens is 8. The van der Waals surface area contributed by atoms with Gasteiger partial charge in [0.15, 0.2) is 11.6 Å². The van der Waals surface area contributed by atoms with Crippen LogP contribution in [0.25, 0.3) is 44.8 Å². The first kappa shape index (κ1) is 20.9. The van der Waals surface area contributed by atoms with Crippen LogP contribution in [-0.4, -0.2) is 39.9 Å². The number of imidazole rings is 2. The maximum atomic E-state index is 4.90. The Morgan fingerprint density at radius 2 is 1.20 bits per heavy atom. The van der Waals surface area contributed by atoms with E-state index in [0.717, 1.165) is 57.7 Å². The van der Waals surface area contributed by atoms with Crippen LogP contribution in [-0.2, 0) is 0 Å². The average Bonchev–Trinajstić information content (AvgIpc) is 3.53. The summed E-state index contributed by atoms with van der Waals surface area (Å²) in [6.45, 7) is 3.91. The first-order valence-electron chi connectivity index (χ1n) is 11.4. The second-order valence-corrected chi connectivity index (χ2v) is 8.27. The monoisotopic (exact) mass is 458 g/mol. The van der Waals surface area contributed by atoms with Crippen molar-refractivity contribution in [3.63, 3.8) is 0 Å². The number of nitrogens with one attached hydrogen (secondary N) is 2. The molecule has 2 aromatic carbocycles. The van der Waals surface area contributed by atoms with E-state index < -0.39 is 0 Å². The molecule has 0 aliphatic rings. The number of H-pyrrole nitrogens is 2. The SMILES string of the molecule is C=CCCC(c1nc2ccc(-c3ncccn3)cc2[nH]1)c1nc2ccc(-c3ncccn3)cc2[nH]1. The Hall–Kier alpha value is -4.72. The van der Waals surface area contributed by atoms with E-state index in [1.165, 1.54) is 0 Å². The molecule has 0 radical (unpaired) electrons. The van der Waals surface area contributed by atoms with Gasteiger partial charge in [0.05, 0.1) is 28.0 Å². The molecule has 6 rings (SSSR count). The summed E-state index contributed by atoms with van der Waals surface area (Å²) in [5.74, 6) is 3.05. The zero-order valence-electron chi connectivity index (χ0n) is 18.9. The lowest BCUT2D eigenvalue weighted by molar-refractivity contribution is 0.662. The van der Waals surface area contributed by atoms with Crippen LogP contribution in [0.4, 0.5) is 0 Å². The van der Waals surface area contributed by atoms with E-state index >= 15 is 0 Å². The van der Waals surface area contributed by atoms with Crippen molar-refractivity contribution in [2.45, 2.75) is 18.8 Å². The fraction of sp³-hybridized carbons (Fsp3) is 0.111. The largest absolute Gasteiger partial charge is 0.341 e. The minimum Gasteiger partial charge on any atom is -0.341 e. The fourth-order valence-electron chi connectivity index (χ4n) is 4.25. The van der Waals surface area contributed by atoms with E-state index in [4.69, 9.17) is 9.97 Å². The van der Waals surface area contributed by atoms with Crippen molar-refractivity contribution in [1.29, 1.82) is 0 Å². The van der Waals surface area contributed by atoms with E-state index in [1.54, 1.807) is 24.8 Å². The number of rotatable bonds is 7. The van der Waals surface area contributed by atoms with Gasteiger partial charge in [-0.15, -0.1) is 6.58 Å². The molecule has 35 heavy (non-hydrogen) atoms. The van der Waals surface area contributed by atoms with Crippen molar-refractivity contribution in [2.75, 3.05) is 0 Å². The molecule has 0 amide bonds. The summed E-state index contributed by atoms with van der Waals surface area (Å²) >= 11 is 0. The van der Waals surface area contributed by atoms with Crippen molar-refractivity contribution in [1.82, 2.24) is 39.9 Å². The number of hydrogen-bond donors (Lipinski definition) is 2. The van der Waals surface area contributed by atoms with Crippen molar-refractivity contribution in [3.8, 4) is 22.8 Å². The molecule has 6 aromatic rings. The van der Waals surface area contributed by atoms with Gasteiger partial charge >= 0.3 is 0 Å². The first-order chi connectivity index (χ1) is 17.3. The maximum absolute atomic E-state index is 4.90. The number of allylic oxidation sites excluding steroid dienone is 1. The molecule has 2 N–H and O–H groups in total. The average molecular weight is 459 g/mol. The molecule has 8 nitrogen and oxygen atoms in total. The number of nitrogens with zero attached hydrogens (tertiary/aromatic N) is 6. The summed E-state index contributed by atoms with van der Waals surface area (Å²) in [6, 6.07) is 15.7. The Labute approximate surface area is 201 Å². The summed E-state index contributed by atoms with van der Waals surface area (Å²) in [6.07, 6.45) is 10.6. The van der Waals surface area contributed by atoms with Crippen LogP contribution in [0, 0.1) is 0 Å². The predicted molar refractivity (Wildman–Crippen MR) is 136 cm³/mol. The second kappa shape index (κ2) is 8.90. The molecular formula is C27H22N8. The molecule has 0 bridgehead atoms. The highest BCUT2D eigenvalue weighted by atomic mass is 15.0. The molecule has 0 aliphatic carbocycles. The van der Waals surface area contributed by atoms with Gasteiger partial charge in [-0.3, -0.25) is 0 Å². The number of hydrogen-bond acceptors (Lipinski definition) is 6. The Morgan fingerprint density at radius 3 is 1.66 bits per heavy atom. The zero-order chi connectivity index (χ0) is 23.6. The fourth-order valence-corrected chi connectivity index (χ4v) is 4.25. The second-order valence-electron chi connectivity index (χ2n) is 8.27. The third-order valence-corrected chi connectivity index (χ3v) is 5.97. The maximum Gasteiger partial charge on any atom is 0.159 e. The normalized spacial score (nSPS) is 11.5. The molecule has 4 aromatic heterocycles. The molecule has 4 heterocycles. The van der Waals surface area contributed by atoms with Gasteiger partial charge in [-0.25, -0.2) is 29.9 Å². The number of fused-ring (bicyclic) bond motifs is 2. The van der Waals surface area contributed by atoms with Crippen LogP contribution in [0.15, 0.2) is 86.0 Å². The van der Waals surface area contributed by atoms with E-state index in [1.807, 2.05) is 54.6 Å². The lowest BCUT2D eigenvalue weighted by Crippen LogP contribution is -2.05. The van der Waals surface area contributed by atoms with Crippen molar-refractivity contribution in [3.05, 3.63) is 97.6 Å². The number of benzene rings is 2. The Morgan fingerprint density at radius 1 is 0.714 bits per heavy atom. The predicted octanol–water partition coefficient (Wildman–Crippen LogP) is 5.45. The minimum absolute atomic E-state index is 0.0411. The summed E-state index contributed by atoms with van der Waals surface area (Å²) in [7, 11) is 0. The van der Waals surface area contributed by atoms with Gasteiger partial charge in [-0.1, -0.05) is 6.08 Å². The first-order valence-corrected chi connectivity index (χ1v) is 11.4. The van der Waals surface area contributed by atoms with Gasteiger partial charge in [-0.2, -0.15) is 0 Å². The van der Waals surface area contributed by atoms with E-state index in [2.05, 4.69) is 36.5 Å². The molecule has 0 unspecified atom stereocenters. The van der Waals surface area contributed by atoms with Crippen LogP contribution in [0.3, 0.4) is 0 Å². The van der Waals surface area contributed by atoms with Gasteiger partial charge in [-0.05, 0) is 61.4 Å². The van der Waals surface area contributed by atoms with Crippen LogP contribution in [0.5, 0.6) is 0 Å². The lowest BCUT2D eigenvalue weighted by Gasteiger charge is -2.10. The molecule has 0 saturated heterocycles. The highest BCUT2D eigenvalue weighted by molar-refractivity contribution is 5.82. The summed E-state index contributed by atoms with van der Waals surface area (Å²) in [5, 5.41) is 0. The molecule has 0 fully saturated rings. The van der Waals surface area contributed by atoms with Crippen molar-refractivity contribution >= 4 is 22.1 Å². The van der Waals surface area contributed by atoms with Gasteiger partial charge < -0.3 is 9.97 Å². The topological polar surface area (TPSA) is 109 Å². The molecule has 0 spiro atoms. The summed E-state index contributed by atoms with van der Waals surface area (Å²) in [5.41, 5.74) is 5.54. The van der Waals surface area contributed by atoms with Gasteiger partial charge in [0.1, 0.15) is 11.6 Å². The smallest absolute Gasteiger partial charge is 0.159 e. The van der Waals surface area contributed by atoms with E-state index in [0.29, 0.717) is 11.6 Å². The molecular weight excluding hydrogens is 436 g/mol. The Balaban J connectivity index is 1.39. The van der Waals surface area contributed by atoms with Crippen LogP contribution in [0.2, 0.25) is 0 Å². The standard InChI is InChI=1S/C27H22N8/c1-2-3-6-19(26-32-20-9-7-17(15-22(20)34-26)24-28-11-4-12-29-24)27-33-21-10-8-18(16-23(21)35-27)25-30-13-5-14-31-25/h2,4-5,7-16,19H,1,3,6H2,(H,32,34)(H,33,35). The quantitative estimate of drug-likeness (QED) is 0.308. The minimum atomic E-state index is -0.0411. The summed E-state index contributed by atoms with van der Waals surface area (Å²) < 4.78 is 0. The molecule has 0 saturated carbocycles. The Kier molecular flexibility index (Phi) is 5.31. The van der Waals surface area contributed by atoms with Gasteiger partial charge in [0.25, 0.3) is 0 Å². The summed E-state index contributed by atoms with van der Waals surface area (Å²) in [4.78, 5) is 34.3. The van der Waals surface area contributed by atoms with Crippen LogP contribution in [0.1, 0.15) is 30.4 Å². The van der Waals surface area contributed by atoms with Crippen molar-refractivity contribution in [2.24, 2.45) is 0 Å². The third-order valence-electron chi connectivity index (χ3n) is 5.97. The molecule has 0 atom stereocenters. The molecule has 0 aliphatic heterocycles. The number of aromatic amines is 2. The zero-order valence-corrected chi connectivity index (χ0v) is 18.9. The van der Waals surface area contributed by atoms with Crippen LogP contribution >= 0.6 is 0 Å². The molecule has 8 heteroatoms. The van der Waals surface area contributed by atoms with Gasteiger partial charge in [0, 0.05) is 35.9 Å².